The van der Waals surface area contributed by atoms with Gasteiger partial charge < -0.3 is 19.8 Å². The summed E-state index contributed by atoms with van der Waals surface area (Å²) in [6.07, 6.45) is 4.18. The number of carbonyl (C=O) groups is 2. The van der Waals surface area contributed by atoms with E-state index in [9.17, 15) is 19.8 Å². The van der Waals surface area contributed by atoms with Crippen LogP contribution in [0.3, 0.4) is 0 Å². The number of piperidine rings is 1. The van der Waals surface area contributed by atoms with Gasteiger partial charge in [0.25, 0.3) is 0 Å². The number of nitrogens with zero attached hydrogens (tertiary/aromatic N) is 2. The monoisotopic (exact) mass is 388 g/mol. The minimum atomic E-state index is -0.871. The molecule has 0 aromatic heterocycles. The predicted octanol–water partition coefficient (Wildman–Crippen LogP) is 2.08. The van der Waals surface area contributed by atoms with Gasteiger partial charge in [0.15, 0.2) is 11.5 Å². The second kappa shape index (κ2) is 7.28. The highest BCUT2D eigenvalue weighted by atomic mass is 16.5. The zero-order valence-corrected chi connectivity index (χ0v) is 16.3. The Bertz CT molecular complexity index is 768. The Labute approximate surface area is 164 Å². The van der Waals surface area contributed by atoms with Gasteiger partial charge in [0.05, 0.1) is 7.11 Å². The van der Waals surface area contributed by atoms with Crippen LogP contribution in [-0.4, -0.2) is 64.7 Å². The Morgan fingerprint density at radius 1 is 1.25 bits per heavy atom. The number of ether oxygens (including phenoxy) is 1. The minimum absolute atomic E-state index is 0.0443. The van der Waals surface area contributed by atoms with Gasteiger partial charge in [-0.25, -0.2) is 4.79 Å². The van der Waals surface area contributed by atoms with Crippen LogP contribution in [0.4, 0.5) is 0 Å². The van der Waals surface area contributed by atoms with Crippen LogP contribution in [0.25, 0.3) is 0 Å². The number of aliphatic carboxylic acids is 1. The van der Waals surface area contributed by atoms with E-state index in [1.165, 1.54) is 7.11 Å². The number of aromatic hydroxyl groups is 1. The van der Waals surface area contributed by atoms with Gasteiger partial charge in [-0.2, -0.15) is 0 Å². The molecule has 4 rings (SSSR count). The molecule has 28 heavy (non-hydrogen) atoms. The van der Waals surface area contributed by atoms with Crippen molar-refractivity contribution in [3.05, 3.63) is 23.8 Å². The first-order chi connectivity index (χ1) is 13.4. The zero-order valence-electron chi connectivity index (χ0n) is 16.3. The van der Waals surface area contributed by atoms with Crippen molar-refractivity contribution in [2.24, 2.45) is 11.3 Å². The van der Waals surface area contributed by atoms with Crippen LogP contribution < -0.4 is 4.74 Å². The third-order valence-electron chi connectivity index (χ3n) is 6.57. The standard InChI is InChI=1S/C21H28N2O5/c1-28-18-10-14(2-5-17(18)24)12-22-8-6-21(7-9-22)11-16(20(26)27)23(13-21)19(25)15-3-4-15/h2,5,10,15-16,24H,3-4,6-9,11-13H2,1H3,(H,26,27)/t16-/m1/s1. The number of benzene rings is 1. The summed E-state index contributed by atoms with van der Waals surface area (Å²) in [6.45, 7) is 3.10. The number of hydrogen-bond donors (Lipinski definition) is 2. The van der Waals surface area contributed by atoms with E-state index in [0.717, 1.165) is 50.9 Å². The topological polar surface area (TPSA) is 90.3 Å². The number of rotatable bonds is 5. The average molecular weight is 388 g/mol. The maximum absolute atomic E-state index is 12.6. The highest BCUT2D eigenvalue weighted by Gasteiger charge is 2.51. The summed E-state index contributed by atoms with van der Waals surface area (Å²) in [6, 6.07) is 4.73. The van der Waals surface area contributed by atoms with E-state index >= 15 is 0 Å². The molecule has 1 atom stereocenters. The van der Waals surface area contributed by atoms with Gasteiger partial charge in [0.2, 0.25) is 5.91 Å². The molecule has 7 heteroatoms. The van der Waals surface area contributed by atoms with Crippen molar-refractivity contribution in [2.75, 3.05) is 26.7 Å². The Morgan fingerprint density at radius 3 is 2.57 bits per heavy atom. The SMILES string of the molecule is COc1cc(CN2CCC3(CC2)C[C@H](C(=O)O)N(C(=O)C2CC2)C3)ccc1O. The largest absolute Gasteiger partial charge is 0.504 e. The van der Waals surface area contributed by atoms with E-state index in [4.69, 9.17) is 4.74 Å². The van der Waals surface area contributed by atoms with Crippen LogP contribution >= 0.6 is 0 Å². The fraction of sp³-hybridized carbons (Fsp3) is 0.619. The molecule has 0 radical (unpaired) electrons. The molecule has 2 heterocycles. The summed E-state index contributed by atoms with van der Waals surface area (Å²) in [7, 11) is 1.54. The number of likely N-dealkylation sites (tertiary alicyclic amines) is 2. The van der Waals surface area contributed by atoms with Gasteiger partial charge in [-0.05, 0) is 68.3 Å². The van der Waals surface area contributed by atoms with Gasteiger partial charge in [0.1, 0.15) is 6.04 Å². The summed E-state index contributed by atoms with van der Waals surface area (Å²) in [5.41, 5.74) is 1.00. The molecule has 7 nitrogen and oxygen atoms in total. The van der Waals surface area contributed by atoms with Gasteiger partial charge in [-0.15, -0.1) is 0 Å². The normalized spacial score (nSPS) is 24.5. The molecule has 2 saturated heterocycles. The number of carboxylic acids is 1. The lowest BCUT2D eigenvalue weighted by Gasteiger charge is -2.39. The van der Waals surface area contributed by atoms with Gasteiger partial charge in [-0.1, -0.05) is 6.07 Å². The lowest BCUT2D eigenvalue weighted by Crippen LogP contribution is -2.43. The molecule has 2 aliphatic heterocycles. The van der Waals surface area contributed by atoms with Gasteiger partial charge in [-0.3, -0.25) is 9.69 Å². The first-order valence-corrected chi connectivity index (χ1v) is 10.0. The zero-order chi connectivity index (χ0) is 19.9. The van der Waals surface area contributed by atoms with Gasteiger partial charge >= 0.3 is 5.97 Å². The lowest BCUT2D eigenvalue weighted by molar-refractivity contribution is -0.148. The molecule has 1 aliphatic carbocycles. The number of phenolic OH excluding ortho intramolecular Hbond substituents is 1. The smallest absolute Gasteiger partial charge is 0.326 e. The average Bonchev–Trinajstić information content (AvgIpc) is 3.46. The van der Waals surface area contributed by atoms with Crippen LogP contribution in [0.1, 0.15) is 37.7 Å². The van der Waals surface area contributed by atoms with Crippen LogP contribution in [0.15, 0.2) is 18.2 Å². The number of hydrogen-bond acceptors (Lipinski definition) is 5. The Balaban J connectivity index is 1.39. The second-order valence-electron chi connectivity index (χ2n) is 8.58. The van der Waals surface area contributed by atoms with Crippen molar-refractivity contribution < 1.29 is 24.5 Å². The highest BCUT2D eigenvalue weighted by Crippen LogP contribution is 2.45. The van der Waals surface area contributed by atoms with Crippen LogP contribution in [0, 0.1) is 11.3 Å². The molecule has 1 amide bonds. The maximum atomic E-state index is 12.6. The fourth-order valence-electron chi connectivity index (χ4n) is 4.70. The highest BCUT2D eigenvalue weighted by molar-refractivity contribution is 5.87. The molecule has 152 valence electrons. The lowest BCUT2D eigenvalue weighted by atomic mass is 9.76. The molecule has 3 fully saturated rings. The molecule has 1 saturated carbocycles. The van der Waals surface area contributed by atoms with Gasteiger partial charge in [0, 0.05) is 19.0 Å². The predicted molar refractivity (Wildman–Crippen MR) is 102 cm³/mol. The minimum Gasteiger partial charge on any atom is -0.504 e. The number of carbonyl (C=O) groups excluding carboxylic acids is 1. The molecule has 2 N–H and O–H groups in total. The molecular weight excluding hydrogens is 360 g/mol. The third-order valence-corrected chi connectivity index (χ3v) is 6.57. The molecule has 1 aromatic rings. The van der Waals surface area contributed by atoms with Crippen molar-refractivity contribution in [3.63, 3.8) is 0 Å². The molecule has 0 unspecified atom stereocenters. The molecule has 1 spiro atoms. The molecule has 0 bridgehead atoms. The number of amides is 1. The van der Waals surface area contributed by atoms with E-state index < -0.39 is 12.0 Å². The Hall–Kier alpha value is -2.28. The summed E-state index contributed by atoms with van der Waals surface area (Å²) in [5.74, 6) is -0.163. The first-order valence-electron chi connectivity index (χ1n) is 10.0. The maximum Gasteiger partial charge on any atom is 0.326 e. The first kappa shape index (κ1) is 19.1. The summed E-state index contributed by atoms with van der Waals surface area (Å²) >= 11 is 0. The van der Waals surface area contributed by atoms with Crippen molar-refractivity contribution in [1.82, 2.24) is 9.80 Å². The number of phenols is 1. The molecule has 1 aromatic carbocycles. The van der Waals surface area contributed by atoms with Crippen molar-refractivity contribution in [3.8, 4) is 11.5 Å². The van der Waals surface area contributed by atoms with E-state index in [1.54, 1.807) is 11.0 Å². The fourth-order valence-corrected chi connectivity index (χ4v) is 4.70. The van der Waals surface area contributed by atoms with Crippen LogP contribution in [0.5, 0.6) is 11.5 Å². The quantitative estimate of drug-likeness (QED) is 0.803. The number of methoxy groups -OCH3 is 1. The Kier molecular flexibility index (Phi) is 4.95. The second-order valence-corrected chi connectivity index (χ2v) is 8.58. The van der Waals surface area contributed by atoms with Crippen molar-refractivity contribution in [2.45, 2.75) is 44.7 Å². The molecular formula is C21H28N2O5. The van der Waals surface area contributed by atoms with E-state index in [2.05, 4.69) is 4.90 Å². The van der Waals surface area contributed by atoms with E-state index in [0.29, 0.717) is 18.7 Å². The van der Waals surface area contributed by atoms with Crippen molar-refractivity contribution in [1.29, 1.82) is 0 Å². The summed E-state index contributed by atoms with van der Waals surface area (Å²) in [5, 5.41) is 19.4. The number of carboxylic acid groups (broad SMARTS) is 1. The third kappa shape index (κ3) is 3.68. The van der Waals surface area contributed by atoms with E-state index in [-0.39, 0.29) is 23.0 Å². The van der Waals surface area contributed by atoms with Crippen LogP contribution in [0.2, 0.25) is 0 Å². The summed E-state index contributed by atoms with van der Waals surface area (Å²) in [4.78, 5) is 28.3. The van der Waals surface area contributed by atoms with Crippen molar-refractivity contribution >= 4 is 11.9 Å². The Morgan fingerprint density at radius 2 is 1.96 bits per heavy atom. The molecule has 3 aliphatic rings. The van der Waals surface area contributed by atoms with E-state index in [1.807, 2.05) is 12.1 Å². The summed E-state index contributed by atoms with van der Waals surface area (Å²) < 4.78 is 5.18. The van der Waals surface area contributed by atoms with Crippen LogP contribution in [-0.2, 0) is 16.1 Å².